The van der Waals surface area contributed by atoms with Crippen molar-refractivity contribution in [1.29, 1.82) is 0 Å². The van der Waals surface area contributed by atoms with Crippen LogP contribution in [-0.2, 0) is 4.79 Å². The first-order valence-corrected chi connectivity index (χ1v) is 8.91. The molecule has 5 nitrogen and oxygen atoms in total. The van der Waals surface area contributed by atoms with Gasteiger partial charge in [-0.15, -0.1) is 0 Å². The summed E-state index contributed by atoms with van der Waals surface area (Å²) in [5, 5.41) is 7.36. The highest BCUT2D eigenvalue weighted by Crippen LogP contribution is 2.21. The molecule has 1 atom stereocenters. The third kappa shape index (κ3) is 3.97. The van der Waals surface area contributed by atoms with Crippen molar-refractivity contribution in [3.05, 3.63) is 81.6 Å². The minimum absolute atomic E-state index is 0.275. The zero-order chi connectivity index (χ0) is 19.6. The van der Waals surface area contributed by atoms with Crippen molar-refractivity contribution >= 4 is 11.6 Å². The number of carbonyl (C=O) groups excluding carboxylic acids is 1. The molecular formula is C22H23N3O2. The minimum atomic E-state index is -0.734. The Bertz CT molecular complexity index is 1020. The zero-order valence-corrected chi connectivity index (χ0v) is 16.0. The molecule has 5 heteroatoms. The molecule has 0 spiro atoms. The normalized spacial score (nSPS) is 11.9. The molecule has 0 fully saturated rings. The van der Waals surface area contributed by atoms with Crippen LogP contribution in [0.25, 0.3) is 11.3 Å². The molecule has 2 aromatic carbocycles. The number of amides is 1. The molecule has 27 heavy (non-hydrogen) atoms. The van der Waals surface area contributed by atoms with E-state index in [0.29, 0.717) is 5.69 Å². The van der Waals surface area contributed by atoms with Crippen LogP contribution in [0.1, 0.15) is 29.7 Å². The van der Waals surface area contributed by atoms with E-state index in [1.807, 2.05) is 63.2 Å². The predicted octanol–water partition coefficient (Wildman–Crippen LogP) is 4.04. The second kappa shape index (κ2) is 7.58. The van der Waals surface area contributed by atoms with E-state index in [2.05, 4.69) is 10.4 Å². The highest BCUT2D eigenvalue weighted by molar-refractivity contribution is 5.94. The molecule has 0 radical (unpaired) electrons. The first-order valence-electron chi connectivity index (χ1n) is 8.91. The Morgan fingerprint density at radius 3 is 2.22 bits per heavy atom. The Morgan fingerprint density at radius 1 is 0.963 bits per heavy atom. The number of carbonyl (C=O) groups is 1. The fourth-order valence-corrected chi connectivity index (χ4v) is 2.93. The van der Waals surface area contributed by atoms with Gasteiger partial charge in [-0.3, -0.25) is 9.59 Å². The monoisotopic (exact) mass is 361 g/mol. The van der Waals surface area contributed by atoms with E-state index in [1.165, 1.54) is 10.7 Å². The number of aryl methyl sites for hydroxylation is 3. The van der Waals surface area contributed by atoms with E-state index >= 15 is 0 Å². The molecule has 0 saturated carbocycles. The van der Waals surface area contributed by atoms with Crippen molar-refractivity contribution in [1.82, 2.24) is 9.78 Å². The number of benzene rings is 2. The summed E-state index contributed by atoms with van der Waals surface area (Å²) < 4.78 is 1.23. The minimum Gasteiger partial charge on any atom is -0.324 e. The molecular weight excluding hydrogens is 338 g/mol. The Hall–Kier alpha value is -3.21. The number of nitrogens with one attached hydrogen (secondary N) is 1. The van der Waals surface area contributed by atoms with E-state index in [-0.39, 0.29) is 11.5 Å². The van der Waals surface area contributed by atoms with Crippen molar-refractivity contribution < 1.29 is 4.79 Å². The maximum absolute atomic E-state index is 12.8. The molecule has 1 heterocycles. The lowest BCUT2D eigenvalue weighted by Crippen LogP contribution is -2.33. The van der Waals surface area contributed by atoms with Crippen LogP contribution in [0.5, 0.6) is 0 Å². The lowest BCUT2D eigenvalue weighted by Gasteiger charge is -2.17. The Kier molecular flexibility index (Phi) is 5.21. The lowest BCUT2D eigenvalue weighted by atomic mass is 10.1. The van der Waals surface area contributed by atoms with Crippen LogP contribution in [0, 0.1) is 20.8 Å². The Labute approximate surface area is 158 Å². The van der Waals surface area contributed by atoms with Gasteiger partial charge in [0.05, 0.1) is 5.69 Å². The van der Waals surface area contributed by atoms with Gasteiger partial charge in [0.1, 0.15) is 6.04 Å². The van der Waals surface area contributed by atoms with E-state index in [1.54, 1.807) is 13.0 Å². The van der Waals surface area contributed by atoms with E-state index in [9.17, 15) is 9.59 Å². The fraction of sp³-hybridized carbons (Fsp3) is 0.227. The lowest BCUT2D eigenvalue weighted by molar-refractivity contribution is -0.119. The standard InChI is InChI=1S/C22H23N3O2/c1-14-8-10-18(11-9-14)19-12-13-20(26)25(24-19)17(4)22(27)23-21-15(2)6-5-7-16(21)3/h5-13,17H,1-4H3,(H,23,27)/t17-/m0/s1. The molecule has 0 bridgehead atoms. The number of hydrogen-bond donors (Lipinski definition) is 1. The van der Waals surface area contributed by atoms with Gasteiger partial charge in [-0.1, -0.05) is 48.0 Å². The van der Waals surface area contributed by atoms with Crippen LogP contribution in [0.3, 0.4) is 0 Å². The van der Waals surface area contributed by atoms with Crippen molar-refractivity contribution in [2.45, 2.75) is 33.7 Å². The molecule has 0 unspecified atom stereocenters. The van der Waals surface area contributed by atoms with Crippen molar-refractivity contribution in [3.63, 3.8) is 0 Å². The number of rotatable bonds is 4. The summed E-state index contributed by atoms with van der Waals surface area (Å²) in [7, 11) is 0. The maximum atomic E-state index is 12.8. The summed E-state index contributed by atoms with van der Waals surface area (Å²) in [5.41, 5.74) is 5.12. The fourth-order valence-electron chi connectivity index (χ4n) is 2.93. The SMILES string of the molecule is Cc1ccc(-c2ccc(=O)n([C@@H](C)C(=O)Nc3c(C)cccc3C)n2)cc1. The summed E-state index contributed by atoms with van der Waals surface area (Å²) in [6.45, 7) is 7.57. The first-order chi connectivity index (χ1) is 12.9. The molecule has 1 N–H and O–H groups in total. The van der Waals surface area contributed by atoms with Crippen LogP contribution in [0.4, 0.5) is 5.69 Å². The molecule has 0 aliphatic rings. The summed E-state index contributed by atoms with van der Waals surface area (Å²) in [5.74, 6) is -0.275. The number of nitrogens with zero attached hydrogens (tertiary/aromatic N) is 2. The molecule has 3 rings (SSSR count). The average molecular weight is 361 g/mol. The van der Waals surface area contributed by atoms with Gasteiger partial charge < -0.3 is 5.32 Å². The Balaban J connectivity index is 1.91. The number of para-hydroxylation sites is 1. The van der Waals surface area contributed by atoms with Crippen molar-refractivity contribution in [3.8, 4) is 11.3 Å². The van der Waals surface area contributed by atoms with Gasteiger partial charge in [0, 0.05) is 17.3 Å². The second-order valence-electron chi connectivity index (χ2n) is 6.80. The van der Waals surface area contributed by atoms with Gasteiger partial charge in [0.25, 0.3) is 5.56 Å². The predicted molar refractivity (Wildman–Crippen MR) is 108 cm³/mol. The van der Waals surface area contributed by atoms with Crippen LogP contribution in [0.2, 0.25) is 0 Å². The summed E-state index contributed by atoms with van der Waals surface area (Å²) in [6, 6.07) is 16.1. The summed E-state index contributed by atoms with van der Waals surface area (Å²) in [4.78, 5) is 25.1. The van der Waals surface area contributed by atoms with Gasteiger partial charge >= 0.3 is 0 Å². The van der Waals surface area contributed by atoms with E-state index in [4.69, 9.17) is 0 Å². The third-order valence-corrected chi connectivity index (χ3v) is 4.65. The highest BCUT2D eigenvalue weighted by atomic mass is 16.2. The number of anilines is 1. The largest absolute Gasteiger partial charge is 0.324 e. The van der Waals surface area contributed by atoms with E-state index in [0.717, 1.165) is 27.9 Å². The van der Waals surface area contributed by atoms with E-state index < -0.39 is 6.04 Å². The van der Waals surface area contributed by atoms with Gasteiger partial charge in [-0.2, -0.15) is 5.10 Å². The number of aromatic nitrogens is 2. The first kappa shape index (κ1) is 18.6. The quantitative estimate of drug-likeness (QED) is 0.763. The molecule has 3 aromatic rings. The van der Waals surface area contributed by atoms with Crippen molar-refractivity contribution in [2.24, 2.45) is 0 Å². The molecule has 138 valence electrons. The summed E-state index contributed by atoms with van der Waals surface area (Å²) in [6.07, 6.45) is 0. The van der Waals surface area contributed by atoms with Gasteiger partial charge in [-0.25, -0.2) is 4.68 Å². The molecule has 1 amide bonds. The smallest absolute Gasteiger partial charge is 0.267 e. The number of hydrogen-bond acceptors (Lipinski definition) is 3. The molecule has 0 aliphatic carbocycles. The topological polar surface area (TPSA) is 64.0 Å². The van der Waals surface area contributed by atoms with Gasteiger partial charge in [-0.05, 0) is 44.9 Å². The molecule has 0 aliphatic heterocycles. The second-order valence-corrected chi connectivity index (χ2v) is 6.80. The van der Waals surface area contributed by atoms with Crippen LogP contribution in [0.15, 0.2) is 59.4 Å². The zero-order valence-electron chi connectivity index (χ0n) is 16.0. The van der Waals surface area contributed by atoms with Crippen LogP contribution in [-0.4, -0.2) is 15.7 Å². The molecule has 0 saturated heterocycles. The highest BCUT2D eigenvalue weighted by Gasteiger charge is 2.19. The van der Waals surface area contributed by atoms with Gasteiger partial charge in [0.15, 0.2) is 0 Å². The van der Waals surface area contributed by atoms with Crippen LogP contribution >= 0.6 is 0 Å². The third-order valence-electron chi connectivity index (χ3n) is 4.65. The van der Waals surface area contributed by atoms with Crippen molar-refractivity contribution in [2.75, 3.05) is 5.32 Å². The maximum Gasteiger partial charge on any atom is 0.267 e. The van der Waals surface area contributed by atoms with Crippen LogP contribution < -0.4 is 10.9 Å². The summed E-state index contributed by atoms with van der Waals surface area (Å²) >= 11 is 0. The average Bonchev–Trinajstić information content (AvgIpc) is 2.65. The molecule has 1 aromatic heterocycles. The van der Waals surface area contributed by atoms with Gasteiger partial charge in [0.2, 0.25) is 5.91 Å². The Morgan fingerprint density at radius 2 is 1.59 bits per heavy atom.